The lowest BCUT2D eigenvalue weighted by Crippen LogP contribution is -2.24. The molecular weight excluding hydrogens is 236 g/mol. The molecule has 92 valence electrons. The van der Waals surface area contributed by atoms with Gasteiger partial charge in [0.05, 0.1) is 10.1 Å². The average Bonchev–Trinajstić information content (AvgIpc) is 2.39. The molecule has 1 fully saturated rings. The van der Waals surface area contributed by atoms with Crippen molar-refractivity contribution >= 4 is 16.1 Å². The number of aldehydes is 1. The van der Waals surface area contributed by atoms with Gasteiger partial charge in [-0.25, -0.2) is 8.42 Å². The summed E-state index contributed by atoms with van der Waals surface area (Å²) in [6, 6.07) is 6.45. The van der Waals surface area contributed by atoms with E-state index in [4.69, 9.17) is 0 Å². The van der Waals surface area contributed by atoms with Gasteiger partial charge in [0.1, 0.15) is 0 Å². The summed E-state index contributed by atoms with van der Waals surface area (Å²) in [5.74, 6) is 0. The second-order valence-electron chi connectivity index (χ2n) is 4.46. The number of benzene rings is 1. The first-order valence-corrected chi connectivity index (χ1v) is 7.49. The van der Waals surface area contributed by atoms with E-state index in [1.54, 1.807) is 18.2 Å². The van der Waals surface area contributed by atoms with Crippen molar-refractivity contribution in [2.45, 2.75) is 42.2 Å². The van der Waals surface area contributed by atoms with Crippen LogP contribution in [0.3, 0.4) is 0 Å². The first-order valence-electron chi connectivity index (χ1n) is 5.94. The Morgan fingerprint density at radius 2 is 1.71 bits per heavy atom. The largest absolute Gasteiger partial charge is 0.298 e. The van der Waals surface area contributed by atoms with E-state index in [9.17, 15) is 13.2 Å². The maximum absolute atomic E-state index is 12.4. The van der Waals surface area contributed by atoms with Crippen molar-refractivity contribution in [1.82, 2.24) is 0 Å². The van der Waals surface area contributed by atoms with Gasteiger partial charge < -0.3 is 0 Å². The molecule has 0 radical (unpaired) electrons. The van der Waals surface area contributed by atoms with Crippen molar-refractivity contribution in [3.63, 3.8) is 0 Å². The molecule has 0 aliphatic heterocycles. The molecule has 0 unspecified atom stereocenters. The van der Waals surface area contributed by atoms with E-state index in [2.05, 4.69) is 0 Å². The van der Waals surface area contributed by atoms with Gasteiger partial charge >= 0.3 is 0 Å². The van der Waals surface area contributed by atoms with E-state index < -0.39 is 9.84 Å². The monoisotopic (exact) mass is 252 g/mol. The molecule has 0 aromatic heterocycles. The van der Waals surface area contributed by atoms with E-state index in [-0.39, 0.29) is 15.7 Å². The summed E-state index contributed by atoms with van der Waals surface area (Å²) >= 11 is 0. The van der Waals surface area contributed by atoms with Crippen LogP contribution < -0.4 is 0 Å². The van der Waals surface area contributed by atoms with Crippen LogP contribution in [0.25, 0.3) is 0 Å². The Morgan fingerprint density at radius 3 is 2.35 bits per heavy atom. The molecule has 0 amide bonds. The Hall–Kier alpha value is -1.16. The Bertz CT molecular complexity index is 499. The summed E-state index contributed by atoms with van der Waals surface area (Å²) in [5.41, 5.74) is 0.276. The van der Waals surface area contributed by atoms with Crippen LogP contribution >= 0.6 is 0 Å². The maximum atomic E-state index is 12.4. The zero-order valence-corrected chi connectivity index (χ0v) is 10.4. The van der Waals surface area contributed by atoms with Gasteiger partial charge in [-0.3, -0.25) is 4.79 Å². The Kier molecular flexibility index (Phi) is 3.62. The fourth-order valence-electron chi connectivity index (χ4n) is 2.39. The van der Waals surface area contributed by atoms with Crippen molar-refractivity contribution in [3.8, 4) is 0 Å². The van der Waals surface area contributed by atoms with Crippen LogP contribution in [0.5, 0.6) is 0 Å². The lowest BCUT2D eigenvalue weighted by molar-refractivity contribution is 0.112. The van der Waals surface area contributed by atoms with Gasteiger partial charge in [-0.2, -0.15) is 0 Å². The first kappa shape index (κ1) is 12.3. The molecule has 0 atom stereocenters. The van der Waals surface area contributed by atoms with Crippen LogP contribution in [0.4, 0.5) is 0 Å². The van der Waals surface area contributed by atoms with Crippen molar-refractivity contribution in [2.24, 2.45) is 0 Å². The molecule has 17 heavy (non-hydrogen) atoms. The van der Waals surface area contributed by atoms with E-state index in [1.165, 1.54) is 6.07 Å². The van der Waals surface area contributed by atoms with Gasteiger partial charge in [-0.1, -0.05) is 37.5 Å². The molecule has 1 aliphatic rings. The summed E-state index contributed by atoms with van der Waals surface area (Å²) in [6.07, 6.45) is 5.10. The fourth-order valence-corrected chi connectivity index (χ4v) is 4.42. The number of carbonyl (C=O) groups excluding carboxylic acids is 1. The predicted molar refractivity (Wildman–Crippen MR) is 65.9 cm³/mol. The molecule has 1 saturated carbocycles. The van der Waals surface area contributed by atoms with Gasteiger partial charge in [-0.05, 0) is 18.9 Å². The zero-order valence-electron chi connectivity index (χ0n) is 9.63. The highest BCUT2D eigenvalue weighted by molar-refractivity contribution is 7.92. The van der Waals surface area contributed by atoms with Crippen molar-refractivity contribution < 1.29 is 13.2 Å². The highest BCUT2D eigenvalue weighted by atomic mass is 32.2. The second kappa shape index (κ2) is 5.00. The number of carbonyl (C=O) groups is 1. The van der Waals surface area contributed by atoms with Gasteiger partial charge in [-0.15, -0.1) is 0 Å². The minimum absolute atomic E-state index is 0.196. The highest BCUT2D eigenvalue weighted by Crippen LogP contribution is 2.29. The normalized spacial score (nSPS) is 17.9. The number of rotatable bonds is 3. The molecule has 1 aromatic rings. The van der Waals surface area contributed by atoms with Gasteiger partial charge in [0.25, 0.3) is 0 Å². The molecule has 1 aromatic carbocycles. The van der Waals surface area contributed by atoms with Crippen molar-refractivity contribution in [1.29, 1.82) is 0 Å². The third kappa shape index (κ3) is 2.41. The van der Waals surface area contributed by atoms with E-state index in [1.807, 2.05) is 0 Å². The lowest BCUT2D eigenvalue weighted by Gasteiger charge is -2.22. The number of sulfone groups is 1. The molecule has 0 saturated heterocycles. The van der Waals surface area contributed by atoms with Gasteiger partial charge in [0.15, 0.2) is 16.1 Å². The zero-order chi connectivity index (χ0) is 12.3. The third-order valence-electron chi connectivity index (χ3n) is 3.34. The standard InChI is InChI=1S/C13H16O3S/c14-10-11-6-4-5-9-13(11)17(15,16)12-7-2-1-3-8-12/h4-6,9-10,12H,1-3,7-8H2. The van der Waals surface area contributed by atoms with Gasteiger partial charge in [0.2, 0.25) is 0 Å². The fraction of sp³-hybridized carbons (Fsp3) is 0.462. The van der Waals surface area contributed by atoms with Crippen LogP contribution in [0.1, 0.15) is 42.5 Å². The third-order valence-corrected chi connectivity index (χ3v) is 5.68. The van der Waals surface area contributed by atoms with Crippen LogP contribution in [0.2, 0.25) is 0 Å². The van der Waals surface area contributed by atoms with E-state index >= 15 is 0 Å². The first-order chi connectivity index (χ1) is 8.16. The number of hydrogen-bond donors (Lipinski definition) is 0. The predicted octanol–water partition coefficient (Wildman–Crippen LogP) is 2.61. The van der Waals surface area contributed by atoms with Crippen LogP contribution in [0.15, 0.2) is 29.2 Å². The van der Waals surface area contributed by atoms with Crippen molar-refractivity contribution in [3.05, 3.63) is 29.8 Å². The summed E-state index contributed by atoms with van der Waals surface area (Å²) in [5, 5.41) is -0.308. The smallest absolute Gasteiger partial charge is 0.181 e. The summed E-state index contributed by atoms with van der Waals surface area (Å²) in [6.45, 7) is 0. The molecule has 0 heterocycles. The minimum Gasteiger partial charge on any atom is -0.298 e. The van der Waals surface area contributed by atoms with E-state index in [0.717, 1.165) is 32.1 Å². The minimum atomic E-state index is -3.34. The molecule has 3 nitrogen and oxygen atoms in total. The summed E-state index contributed by atoms with van der Waals surface area (Å²) < 4.78 is 24.8. The van der Waals surface area contributed by atoms with Gasteiger partial charge in [0, 0.05) is 5.56 Å². The van der Waals surface area contributed by atoms with Crippen molar-refractivity contribution in [2.75, 3.05) is 0 Å². The number of hydrogen-bond acceptors (Lipinski definition) is 3. The maximum Gasteiger partial charge on any atom is 0.181 e. The molecule has 1 aliphatic carbocycles. The quantitative estimate of drug-likeness (QED) is 0.777. The Morgan fingerprint density at radius 1 is 1.06 bits per heavy atom. The topological polar surface area (TPSA) is 51.2 Å². The molecular formula is C13H16O3S. The Labute approximate surface area is 102 Å². The van der Waals surface area contributed by atoms with E-state index in [0.29, 0.717) is 6.29 Å². The summed E-state index contributed by atoms with van der Waals surface area (Å²) in [4.78, 5) is 11.1. The lowest BCUT2D eigenvalue weighted by atomic mass is 10.0. The molecule has 4 heteroatoms. The van der Waals surface area contributed by atoms with Crippen LogP contribution in [-0.2, 0) is 9.84 Å². The molecule has 2 rings (SSSR count). The highest BCUT2D eigenvalue weighted by Gasteiger charge is 2.30. The molecule has 0 N–H and O–H groups in total. The molecule has 0 bridgehead atoms. The van der Waals surface area contributed by atoms with Crippen LogP contribution in [0, 0.1) is 0 Å². The van der Waals surface area contributed by atoms with Crippen LogP contribution in [-0.4, -0.2) is 20.0 Å². The molecule has 0 spiro atoms. The second-order valence-corrected chi connectivity index (χ2v) is 6.66. The Balaban J connectivity index is 2.40. The average molecular weight is 252 g/mol. The SMILES string of the molecule is O=Cc1ccccc1S(=O)(=O)C1CCCCC1. The summed E-state index contributed by atoms with van der Waals surface area (Å²) in [7, 11) is -3.34.